The van der Waals surface area contributed by atoms with E-state index in [9.17, 15) is 53.1 Å². The monoisotopic (exact) mass is 1730 g/mol. The number of aliphatic hydroxyl groups excluding tert-OH is 1. The van der Waals surface area contributed by atoms with Crippen molar-refractivity contribution in [3.63, 3.8) is 0 Å². The third kappa shape index (κ3) is 41.7. The molecule has 692 valence electrons. The average molecular weight is 1730 g/mol. The first-order chi connectivity index (χ1) is 58.1. The van der Waals surface area contributed by atoms with Gasteiger partial charge in [-0.2, -0.15) is 5.11 Å². The topological polar surface area (TPSA) is 461 Å². The number of nitrogens with two attached hydrogens (primary N) is 1. The number of hydrogen-bond donors (Lipinski definition) is 11. The van der Waals surface area contributed by atoms with Crippen molar-refractivity contribution < 1.29 is 105 Å². The first-order valence-corrected chi connectivity index (χ1v) is 42.7. The van der Waals surface area contributed by atoms with Crippen LogP contribution in [-0.4, -0.2) is 294 Å². The number of likely N-dealkylation sites (tertiary alicyclic amines) is 1. The normalized spacial score (nSPS) is 15.8. The van der Waals surface area contributed by atoms with E-state index in [2.05, 4.69) is 68.4 Å². The van der Waals surface area contributed by atoms with Crippen molar-refractivity contribution in [3.05, 3.63) is 77.6 Å². The average Bonchev–Trinajstić information content (AvgIpc) is 1.42. The van der Waals surface area contributed by atoms with Crippen LogP contribution in [0.3, 0.4) is 0 Å². The Hall–Kier alpha value is -8.56. The molecule has 3 rings (SSSR count). The van der Waals surface area contributed by atoms with Crippen LogP contribution in [0.4, 0.5) is 15.3 Å². The number of hydrogen-bond acceptors (Lipinski definition) is 25. The zero-order valence-electron chi connectivity index (χ0n) is 75.3. The van der Waals surface area contributed by atoms with Crippen LogP contribution in [0.15, 0.2) is 71.6 Å². The molecule has 12 atom stereocenters. The molecule has 2 aromatic carbocycles. The van der Waals surface area contributed by atoms with E-state index < -0.39 is 126 Å². The highest BCUT2D eigenvalue weighted by Crippen LogP contribution is 2.31. The predicted octanol–water partition coefficient (Wildman–Crippen LogP) is 6.13. The maximum absolute atomic E-state index is 14.9. The zero-order valence-corrected chi connectivity index (χ0v) is 75.3. The number of carbonyl (C=O) groups excluding carboxylic acids is 10. The number of anilines is 1. The standard InChI is InChI=1S/C86H146N14O22/c1-18-60(8)76(69(112-16)52-72(103)100-36-23-27-68(100)78(113-17)61(9)79(105)92-62(10)77(104)64-24-20-19-21-25-64)98(14)83(109)74(58(4)5)96-82(108)75(59(6)7)99(15)85(111)122-54-63-28-30-65(31-29-63)93-80(106)67(26-22-34-90-84(87)110)94-81(107)73(57(2)3)95-71(102)33-38-115-41-44-118-48-49-120-50-51-121-55-66(97-88)53-89-35-39-116-42-45-119-47-46-117-43-40-114-37-32-70(101)91-56-86(11,12)13/h19-21,24-25,28-31,53,57-62,67-69,73-78,88-89,104H,18,22-23,26-27,32-52,54-56H2,1-17H3,(H,91,101)(H,92,105)(H,93,106)(H,94,107)(H,95,102)(H,96,108)(H3,87,90,110)/b66-53-,97-88?/t60-,61+,62+,67-,68-,69+,73-,74-,75-,76-,77+,78+/m0/s1. The predicted molar refractivity (Wildman–Crippen MR) is 459 cm³/mol. The molecule has 1 saturated heterocycles. The summed E-state index contributed by atoms with van der Waals surface area (Å²) >= 11 is 0. The summed E-state index contributed by atoms with van der Waals surface area (Å²) in [7, 11) is 6.08. The Bertz CT molecular complexity index is 3430. The molecule has 122 heavy (non-hydrogen) atoms. The fourth-order valence-electron chi connectivity index (χ4n) is 13.5. The second-order valence-corrected chi connectivity index (χ2v) is 32.7. The SMILES string of the molecule is CC[C@H](C)[C@@H]([C@@H](CC(=O)N1CCC[C@H]1[C@H](OC)[C@@H](C)C(=O)N[C@H](C)[C@@H](O)c1ccccc1)OC)N(C)C(=O)[C@@H](NC(=O)[C@H](C(C)C)N(C)C(=O)OCc1ccc(NC(=O)[C@H](CCCNC(N)=O)NC(=O)[C@@H](NC(=O)CCOCCOCCOCCOC/C(=C/NCCOCCOCCOCCOCCC(=O)NCC(C)(C)C)N=N)C(C)C)cc1)C(C)C. The minimum atomic E-state index is -1.13. The number of ether oxygens (including phenoxy) is 11. The third-order valence-corrected chi connectivity index (χ3v) is 20.6. The van der Waals surface area contributed by atoms with Gasteiger partial charge in [-0.3, -0.25) is 43.3 Å². The number of urea groups is 1. The summed E-state index contributed by atoms with van der Waals surface area (Å²) in [6.07, 6.45) is 0.673. The second kappa shape index (κ2) is 60.1. The van der Waals surface area contributed by atoms with Gasteiger partial charge >= 0.3 is 12.1 Å². The number of methoxy groups -OCH3 is 2. The first kappa shape index (κ1) is 108. The molecular weight excluding hydrogens is 1580 g/mol. The lowest BCUT2D eigenvalue weighted by Crippen LogP contribution is -2.60. The molecule has 1 aliphatic rings. The number of carbonyl (C=O) groups is 10. The molecular formula is C86H146N14O22. The number of amides is 11. The maximum atomic E-state index is 14.9. The lowest BCUT2D eigenvalue weighted by Gasteiger charge is -2.41. The molecule has 0 spiro atoms. The van der Waals surface area contributed by atoms with Crippen LogP contribution in [0.2, 0.25) is 0 Å². The van der Waals surface area contributed by atoms with Gasteiger partial charge in [0.25, 0.3) is 0 Å². The molecule has 0 saturated carbocycles. The summed E-state index contributed by atoms with van der Waals surface area (Å²) in [6, 6.07) is 8.63. The fraction of sp³-hybridized carbons (Fsp3) is 0.721. The van der Waals surface area contributed by atoms with E-state index in [1.165, 1.54) is 26.2 Å². The lowest BCUT2D eigenvalue weighted by atomic mass is 9.89. The smallest absolute Gasteiger partial charge is 0.410 e. The van der Waals surface area contributed by atoms with Crippen LogP contribution >= 0.6 is 0 Å². The number of rotatable bonds is 64. The quantitative estimate of drug-likeness (QED) is 0.0262. The highest BCUT2D eigenvalue weighted by Gasteiger charge is 2.44. The number of nitrogens with one attached hydrogen (secondary N) is 9. The van der Waals surface area contributed by atoms with E-state index in [1.807, 2.05) is 32.0 Å². The molecule has 1 fully saturated rings. The maximum Gasteiger partial charge on any atom is 0.410 e. The van der Waals surface area contributed by atoms with Crippen molar-refractivity contribution in [2.24, 2.45) is 45.9 Å². The molecule has 11 amide bonds. The van der Waals surface area contributed by atoms with Gasteiger partial charge in [0.05, 0.1) is 154 Å². The van der Waals surface area contributed by atoms with Crippen molar-refractivity contribution >= 4 is 65.1 Å². The Morgan fingerprint density at radius 3 is 1.71 bits per heavy atom. The molecule has 1 aliphatic heterocycles. The highest BCUT2D eigenvalue weighted by atomic mass is 16.6. The van der Waals surface area contributed by atoms with Gasteiger partial charge in [0.15, 0.2) is 0 Å². The number of primary amides is 1. The second-order valence-electron chi connectivity index (χ2n) is 32.7. The summed E-state index contributed by atoms with van der Waals surface area (Å²) < 4.78 is 62.1. The fourth-order valence-corrected chi connectivity index (χ4v) is 13.5. The molecule has 0 radical (unpaired) electrons. The minimum Gasteiger partial charge on any atom is -0.445 e. The van der Waals surface area contributed by atoms with Crippen molar-refractivity contribution in [1.82, 2.24) is 51.9 Å². The highest BCUT2D eigenvalue weighted by molar-refractivity contribution is 5.98. The van der Waals surface area contributed by atoms with Gasteiger partial charge in [-0.15, -0.1) is 0 Å². The number of nitrogens with zero attached hydrogens (tertiary/aromatic N) is 4. The van der Waals surface area contributed by atoms with Crippen molar-refractivity contribution in [2.75, 3.05) is 166 Å². The van der Waals surface area contributed by atoms with Crippen LogP contribution in [0.25, 0.3) is 0 Å². The molecule has 0 aromatic heterocycles. The Kier molecular flexibility index (Phi) is 53.0. The van der Waals surface area contributed by atoms with E-state index in [1.54, 1.807) is 115 Å². The number of benzene rings is 2. The molecule has 36 nitrogen and oxygen atoms in total. The van der Waals surface area contributed by atoms with Crippen molar-refractivity contribution in [3.8, 4) is 0 Å². The molecule has 0 unspecified atom stereocenters. The van der Waals surface area contributed by atoms with Gasteiger partial charge in [-0.25, -0.2) is 15.1 Å². The van der Waals surface area contributed by atoms with Crippen LogP contribution < -0.4 is 48.3 Å². The van der Waals surface area contributed by atoms with E-state index in [-0.39, 0.29) is 121 Å². The van der Waals surface area contributed by atoms with Crippen LogP contribution in [0, 0.1) is 40.5 Å². The third-order valence-electron chi connectivity index (χ3n) is 20.6. The van der Waals surface area contributed by atoms with Crippen LogP contribution in [-0.2, 0) is 97.1 Å². The van der Waals surface area contributed by atoms with E-state index in [0.717, 1.165) is 0 Å². The molecule has 12 N–H and O–H groups in total. The zero-order chi connectivity index (χ0) is 90.7. The Morgan fingerprint density at radius 1 is 0.631 bits per heavy atom. The van der Waals surface area contributed by atoms with Gasteiger partial charge in [-0.1, -0.05) is 132 Å². The van der Waals surface area contributed by atoms with Gasteiger partial charge < -0.3 is 115 Å². The van der Waals surface area contributed by atoms with Gasteiger partial charge in [0.2, 0.25) is 47.3 Å². The molecule has 0 bridgehead atoms. The Balaban J connectivity index is 1.44. The van der Waals surface area contributed by atoms with E-state index in [4.69, 9.17) is 63.4 Å². The van der Waals surface area contributed by atoms with E-state index in [0.29, 0.717) is 121 Å². The first-order valence-electron chi connectivity index (χ1n) is 42.7. The molecule has 36 heteroatoms. The molecule has 0 aliphatic carbocycles. The van der Waals surface area contributed by atoms with Gasteiger partial charge in [-0.05, 0) is 85.0 Å². The number of aliphatic hydroxyl groups is 1. The molecule has 2 aromatic rings. The van der Waals surface area contributed by atoms with Crippen molar-refractivity contribution in [1.29, 1.82) is 5.53 Å². The summed E-state index contributed by atoms with van der Waals surface area (Å²) in [6.45, 7) is 30.5. The largest absolute Gasteiger partial charge is 0.445 e. The van der Waals surface area contributed by atoms with E-state index >= 15 is 0 Å². The summed E-state index contributed by atoms with van der Waals surface area (Å²) in [5.74, 6) is -5.48. The summed E-state index contributed by atoms with van der Waals surface area (Å²) in [5, 5.41) is 37.1. The lowest BCUT2D eigenvalue weighted by molar-refractivity contribution is -0.148. The number of likely N-dealkylation sites (N-methyl/N-ethyl adjacent to an activating group) is 2. The van der Waals surface area contributed by atoms with Crippen molar-refractivity contribution in [2.45, 2.75) is 209 Å². The Labute approximate surface area is 722 Å². The Morgan fingerprint density at radius 2 is 1.19 bits per heavy atom. The minimum absolute atomic E-state index is 0.0308. The van der Waals surface area contributed by atoms with Gasteiger partial charge in [0.1, 0.15) is 36.5 Å². The van der Waals surface area contributed by atoms with Gasteiger partial charge in [0, 0.05) is 79.2 Å². The molecule has 1 heterocycles. The summed E-state index contributed by atoms with van der Waals surface area (Å²) in [5.41, 5.74) is 14.7. The van der Waals surface area contributed by atoms with Crippen LogP contribution in [0.5, 0.6) is 0 Å². The van der Waals surface area contributed by atoms with Crippen LogP contribution in [0.1, 0.15) is 159 Å². The summed E-state index contributed by atoms with van der Waals surface area (Å²) in [4.78, 5) is 140.